The summed E-state index contributed by atoms with van der Waals surface area (Å²) in [7, 11) is 1.35. The maximum absolute atomic E-state index is 12.6. The van der Waals surface area contributed by atoms with Gasteiger partial charge < -0.3 is 14.8 Å². The molecule has 0 aliphatic heterocycles. The maximum atomic E-state index is 12.6. The van der Waals surface area contributed by atoms with Crippen LogP contribution in [0.1, 0.15) is 34.1 Å². The molecule has 1 amide bonds. The van der Waals surface area contributed by atoms with E-state index in [1.807, 2.05) is 68.4 Å². The SMILES string of the molecule is CCOc1ccc(-c2c(C)sc(NC(=O)CCc3ccccc3)c2C(=O)OC)cc1. The summed E-state index contributed by atoms with van der Waals surface area (Å²) in [6.45, 7) is 4.45. The molecule has 0 saturated carbocycles. The van der Waals surface area contributed by atoms with Crippen molar-refractivity contribution in [1.29, 1.82) is 0 Å². The Balaban J connectivity index is 1.85. The topological polar surface area (TPSA) is 64.6 Å². The van der Waals surface area contributed by atoms with Crippen LogP contribution in [0.5, 0.6) is 5.75 Å². The highest BCUT2D eigenvalue weighted by atomic mass is 32.1. The van der Waals surface area contributed by atoms with Crippen LogP contribution in [0.4, 0.5) is 5.00 Å². The van der Waals surface area contributed by atoms with E-state index in [0.717, 1.165) is 27.3 Å². The predicted octanol–water partition coefficient (Wildman–Crippen LogP) is 5.48. The highest BCUT2D eigenvalue weighted by Crippen LogP contribution is 2.40. The van der Waals surface area contributed by atoms with Crippen molar-refractivity contribution in [3.63, 3.8) is 0 Å². The van der Waals surface area contributed by atoms with Crippen molar-refractivity contribution in [1.82, 2.24) is 0 Å². The number of aryl methyl sites for hydroxylation is 2. The molecule has 0 atom stereocenters. The minimum absolute atomic E-state index is 0.136. The van der Waals surface area contributed by atoms with Crippen molar-refractivity contribution < 1.29 is 19.1 Å². The number of hydrogen-bond donors (Lipinski definition) is 1. The van der Waals surface area contributed by atoms with Crippen molar-refractivity contribution in [2.24, 2.45) is 0 Å². The van der Waals surface area contributed by atoms with Crippen LogP contribution < -0.4 is 10.1 Å². The fourth-order valence-corrected chi connectivity index (χ4v) is 4.33. The summed E-state index contributed by atoms with van der Waals surface area (Å²) in [5.74, 6) is 0.160. The lowest BCUT2D eigenvalue weighted by Gasteiger charge is -2.09. The van der Waals surface area contributed by atoms with E-state index in [1.165, 1.54) is 18.4 Å². The van der Waals surface area contributed by atoms with Crippen LogP contribution in [0.25, 0.3) is 11.1 Å². The van der Waals surface area contributed by atoms with E-state index in [-0.39, 0.29) is 5.91 Å². The second kappa shape index (κ2) is 10.1. The summed E-state index contributed by atoms with van der Waals surface area (Å²) in [6, 6.07) is 17.4. The first-order valence-electron chi connectivity index (χ1n) is 9.82. The van der Waals surface area contributed by atoms with Crippen molar-refractivity contribution in [3.8, 4) is 16.9 Å². The second-order valence-corrected chi connectivity index (χ2v) is 7.94. The Kier molecular flexibility index (Phi) is 7.25. The van der Waals surface area contributed by atoms with Gasteiger partial charge in [-0.15, -0.1) is 11.3 Å². The number of nitrogens with one attached hydrogen (secondary N) is 1. The molecule has 0 spiro atoms. The van der Waals surface area contributed by atoms with Gasteiger partial charge >= 0.3 is 5.97 Å². The van der Waals surface area contributed by atoms with Gasteiger partial charge in [0, 0.05) is 16.9 Å². The third-order valence-electron chi connectivity index (χ3n) is 4.66. The summed E-state index contributed by atoms with van der Waals surface area (Å²) in [6.07, 6.45) is 0.969. The summed E-state index contributed by atoms with van der Waals surface area (Å²) >= 11 is 1.38. The van der Waals surface area contributed by atoms with E-state index in [9.17, 15) is 9.59 Å². The van der Waals surface area contributed by atoms with Gasteiger partial charge in [0.1, 0.15) is 16.3 Å². The van der Waals surface area contributed by atoms with E-state index < -0.39 is 5.97 Å². The van der Waals surface area contributed by atoms with E-state index in [4.69, 9.17) is 9.47 Å². The van der Waals surface area contributed by atoms with Crippen LogP contribution in [0.15, 0.2) is 54.6 Å². The zero-order chi connectivity index (χ0) is 21.5. The third kappa shape index (κ3) is 5.07. The number of esters is 1. The minimum atomic E-state index is -0.471. The molecule has 3 rings (SSSR count). The van der Waals surface area contributed by atoms with E-state index in [0.29, 0.717) is 30.0 Å². The number of rotatable bonds is 8. The van der Waals surface area contributed by atoms with Gasteiger partial charge in [0.05, 0.1) is 13.7 Å². The number of carbonyl (C=O) groups is 2. The van der Waals surface area contributed by atoms with Crippen LogP contribution in [-0.4, -0.2) is 25.6 Å². The zero-order valence-electron chi connectivity index (χ0n) is 17.4. The van der Waals surface area contributed by atoms with Gasteiger partial charge in [0.25, 0.3) is 0 Å². The van der Waals surface area contributed by atoms with Gasteiger partial charge in [0.2, 0.25) is 5.91 Å². The van der Waals surface area contributed by atoms with Crippen LogP contribution in [0.2, 0.25) is 0 Å². The molecule has 0 unspecified atom stereocenters. The van der Waals surface area contributed by atoms with E-state index >= 15 is 0 Å². The predicted molar refractivity (Wildman–Crippen MR) is 120 cm³/mol. The number of carbonyl (C=O) groups excluding carboxylic acids is 2. The van der Waals surface area contributed by atoms with Gasteiger partial charge in [0.15, 0.2) is 0 Å². The lowest BCUT2D eigenvalue weighted by Crippen LogP contribution is -2.14. The summed E-state index contributed by atoms with van der Waals surface area (Å²) < 4.78 is 10.5. The van der Waals surface area contributed by atoms with Crippen molar-refractivity contribution in [3.05, 3.63) is 70.6 Å². The van der Waals surface area contributed by atoms with Gasteiger partial charge in [-0.3, -0.25) is 4.79 Å². The van der Waals surface area contributed by atoms with Crippen LogP contribution in [0.3, 0.4) is 0 Å². The number of hydrogen-bond acceptors (Lipinski definition) is 5. The first kappa shape index (κ1) is 21.6. The highest BCUT2D eigenvalue weighted by Gasteiger charge is 2.25. The fraction of sp³-hybridized carbons (Fsp3) is 0.250. The average Bonchev–Trinajstić information content (AvgIpc) is 3.08. The van der Waals surface area contributed by atoms with Crippen LogP contribution >= 0.6 is 11.3 Å². The Morgan fingerprint density at radius 1 is 1.03 bits per heavy atom. The van der Waals surface area contributed by atoms with Crippen molar-refractivity contribution in [2.75, 3.05) is 19.0 Å². The van der Waals surface area contributed by atoms with Crippen molar-refractivity contribution >= 4 is 28.2 Å². The molecule has 0 bridgehead atoms. The van der Waals surface area contributed by atoms with E-state index in [1.54, 1.807) is 0 Å². The molecular formula is C24H25NO4S. The Labute approximate surface area is 180 Å². The Hall–Kier alpha value is -3.12. The molecule has 1 aromatic heterocycles. The van der Waals surface area contributed by atoms with Gasteiger partial charge in [-0.1, -0.05) is 42.5 Å². The number of benzene rings is 2. The molecule has 30 heavy (non-hydrogen) atoms. The van der Waals surface area contributed by atoms with Gasteiger partial charge in [-0.05, 0) is 43.5 Å². The summed E-state index contributed by atoms with van der Waals surface area (Å²) in [4.78, 5) is 26.1. The normalized spacial score (nSPS) is 10.5. The molecule has 5 nitrogen and oxygen atoms in total. The average molecular weight is 424 g/mol. The lowest BCUT2D eigenvalue weighted by molar-refractivity contribution is -0.116. The molecule has 1 heterocycles. The molecule has 156 valence electrons. The fourth-order valence-electron chi connectivity index (χ4n) is 3.25. The Morgan fingerprint density at radius 2 is 1.73 bits per heavy atom. The van der Waals surface area contributed by atoms with Gasteiger partial charge in [-0.25, -0.2) is 4.79 Å². The van der Waals surface area contributed by atoms with Crippen LogP contribution in [0, 0.1) is 6.92 Å². The number of amides is 1. The quantitative estimate of drug-likeness (QED) is 0.487. The highest BCUT2D eigenvalue weighted by molar-refractivity contribution is 7.17. The molecule has 0 saturated heterocycles. The number of ether oxygens (including phenoxy) is 2. The summed E-state index contributed by atoms with van der Waals surface area (Å²) in [5.41, 5.74) is 3.13. The summed E-state index contributed by atoms with van der Waals surface area (Å²) in [5, 5.41) is 3.43. The molecule has 0 aliphatic rings. The standard InChI is InChI=1S/C24H25NO4S/c1-4-29-19-13-11-18(12-14-19)21-16(2)30-23(22(21)24(27)28-3)25-20(26)15-10-17-8-6-5-7-9-17/h5-9,11-14H,4,10,15H2,1-3H3,(H,25,26). The molecule has 6 heteroatoms. The Morgan fingerprint density at radius 3 is 2.37 bits per heavy atom. The molecule has 0 radical (unpaired) electrons. The maximum Gasteiger partial charge on any atom is 0.341 e. The molecular weight excluding hydrogens is 398 g/mol. The Bertz CT molecular complexity index is 1010. The minimum Gasteiger partial charge on any atom is -0.494 e. The zero-order valence-corrected chi connectivity index (χ0v) is 18.2. The molecule has 0 aliphatic carbocycles. The number of thiophene rings is 1. The second-order valence-electron chi connectivity index (χ2n) is 6.72. The van der Waals surface area contributed by atoms with Crippen molar-refractivity contribution in [2.45, 2.75) is 26.7 Å². The molecule has 2 aromatic carbocycles. The van der Waals surface area contributed by atoms with Crippen LogP contribution in [-0.2, 0) is 16.0 Å². The number of anilines is 1. The molecule has 3 aromatic rings. The lowest BCUT2D eigenvalue weighted by atomic mass is 10.0. The number of methoxy groups -OCH3 is 1. The molecule has 0 fully saturated rings. The monoisotopic (exact) mass is 423 g/mol. The largest absolute Gasteiger partial charge is 0.494 e. The van der Waals surface area contributed by atoms with E-state index in [2.05, 4.69) is 5.32 Å². The smallest absolute Gasteiger partial charge is 0.341 e. The third-order valence-corrected chi connectivity index (χ3v) is 5.68. The van der Waals surface area contributed by atoms with Gasteiger partial charge in [-0.2, -0.15) is 0 Å². The first-order chi connectivity index (χ1) is 14.5. The first-order valence-corrected chi connectivity index (χ1v) is 10.6. The molecule has 1 N–H and O–H groups in total.